The number of thiophene rings is 1. The number of rotatable bonds is 6. The van der Waals surface area contributed by atoms with E-state index in [1.807, 2.05) is 32.2 Å². The Morgan fingerprint density at radius 1 is 1.25 bits per heavy atom. The molecule has 28 heavy (non-hydrogen) atoms. The Morgan fingerprint density at radius 2 is 2.11 bits per heavy atom. The topological polar surface area (TPSA) is 71.0 Å². The number of pyridine rings is 1. The summed E-state index contributed by atoms with van der Waals surface area (Å²) in [5, 5.41) is 4.41. The summed E-state index contributed by atoms with van der Waals surface area (Å²) in [5.74, 6) is 1.59. The lowest BCUT2D eigenvalue weighted by Gasteiger charge is -2.18. The molecule has 0 aliphatic heterocycles. The summed E-state index contributed by atoms with van der Waals surface area (Å²) >= 11 is 1.78. The number of carbonyl (C=O) groups excluding carboxylic acids is 1. The molecule has 0 spiro atoms. The Balaban J connectivity index is 1.44. The van der Waals surface area contributed by atoms with Crippen LogP contribution in [0.3, 0.4) is 0 Å². The highest BCUT2D eigenvalue weighted by atomic mass is 32.1. The molecule has 6 nitrogen and oxygen atoms in total. The Bertz CT molecular complexity index is 985. The Morgan fingerprint density at radius 3 is 2.93 bits per heavy atom. The minimum atomic E-state index is 0.0458. The summed E-state index contributed by atoms with van der Waals surface area (Å²) < 4.78 is 0. The highest BCUT2D eigenvalue weighted by molar-refractivity contribution is 7.19. The second kappa shape index (κ2) is 8.22. The molecule has 0 saturated heterocycles. The molecule has 0 bridgehead atoms. The van der Waals surface area contributed by atoms with Gasteiger partial charge in [0.2, 0.25) is 5.91 Å². The van der Waals surface area contributed by atoms with Gasteiger partial charge in [-0.15, -0.1) is 11.3 Å². The van der Waals surface area contributed by atoms with Crippen LogP contribution in [0.2, 0.25) is 0 Å². The van der Waals surface area contributed by atoms with Crippen LogP contribution in [0.4, 0.5) is 5.82 Å². The number of aromatic nitrogens is 3. The van der Waals surface area contributed by atoms with Crippen molar-refractivity contribution in [2.24, 2.45) is 0 Å². The maximum Gasteiger partial charge on any atom is 0.241 e. The number of nitrogens with one attached hydrogen (secondary N) is 1. The van der Waals surface area contributed by atoms with Gasteiger partial charge in [0.15, 0.2) is 0 Å². The maximum absolute atomic E-state index is 12.6. The van der Waals surface area contributed by atoms with Crippen LogP contribution in [0.25, 0.3) is 10.2 Å². The molecule has 7 heteroatoms. The molecule has 1 aliphatic carbocycles. The third-order valence-corrected chi connectivity index (χ3v) is 6.37. The number of aryl methyl sites for hydroxylation is 3. The van der Waals surface area contributed by atoms with Crippen molar-refractivity contribution in [1.29, 1.82) is 0 Å². The van der Waals surface area contributed by atoms with E-state index in [1.165, 1.54) is 23.3 Å². The van der Waals surface area contributed by atoms with E-state index < -0.39 is 0 Å². The molecule has 146 valence electrons. The van der Waals surface area contributed by atoms with Gasteiger partial charge in [0.25, 0.3) is 0 Å². The van der Waals surface area contributed by atoms with Crippen LogP contribution in [-0.4, -0.2) is 45.9 Å². The maximum atomic E-state index is 12.6. The van der Waals surface area contributed by atoms with E-state index >= 15 is 0 Å². The molecule has 3 heterocycles. The van der Waals surface area contributed by atoms with Crippen molar-refractivity contribution in [3.63, 3.8) is 0 Å². The number of fused-ring (bicyclic) bond motifs is 3. The number of nitrogens with zero attached hydrogens (tertiary/aromatic N) is 4. The molecule has 0 aromatic carbocycles. The zero-order valence-electron chi connectivity index (χ0n) is 16.4. The van der Waals surface area contributed by atoms with Gasteiger partial charge in [0.1, 0.15) is 16.5 Å². The smallest absolute Gasteiger partial charge is 0.241 e. The average Bonchev–Trinajstić information content (AvgIpc) is 3.08. The lowest BCUT2D eigenvalue weighted by molar-refractivity contribution is -0.128. The summed E-state index contributed by atoms with van der Waals surface area (Å²) in [6.07, 6.45) is 7.19. The third kappa shape index (κ3) is 3.99. The summed E-state index contributed by atoms with van der Waals surface area (Å²) in [7, 11) is 1.83. The Hall–Kier alpha value is -2.54. The van der Waals surface area contributed by atoms with Gasteiger partial charge >= 0.3 is 0 Å². The van der Waals surface area contributed by atoms with E-state index in [0.29, 0.717) is 6.54 Å². The van der Waals surface area contributed by atoms with E-state index in [9.17, 15) is 4.79 Å². The van der Waals surface area contributed by atoms with Crippen LogP contribution in [0.1, 0.15) is 34.8 Å². The fraction of sp³-hybridized carbons (Fsp3) is 0.429. The highest BCUT2D eigenvalue weighted by Crippen LogP contribution is 2.38. The molecular weight excluding hydrogens is 370 g/mol. The van der Waals surface area contributed by atoms with Crippen LogP contribution in [0, 0.1) is 6.92 Å². The molecule has 0 fully saturated rings. The lowest BCUT2D eigenvalue weighted by atomic mass is 9.97. The molecule has 0 saturated carbocycles. The number of hydrogen-bond acceptors (Lipinski definition) is 6. The van der Waals surface area contributed by atoms with Gasteiger partial charge < -0.3 is 10.2 Å². The number of carbonyl (C=O) groups is 1. The van der Waals surface area contributed by atoms with Gasteiger partial charge in [-0.2, -0.15) is 0 Å². The van der Waals surface area contributed by atoms with Gasteiger partial charge in [-0.05, 0) is 50.3 Å². The van der Waals surface area contributed by atoms with Crippen molar-refractivity contribution in [3.05, 3.63) is 46.4 Å². The Labute approximate surface area is 169 Å². The first kappa shape index (κ1) is 18.8. The normalized spacial score (nSPS) is 13.4. The molecule has 3 aromatic rings. The minimum absolute atomic E-state index is 0.0458. The van der Waals surface area contributed by atoms with Gasteiger partial charge in [0, 0.05) is 36.8 Å². The number of hydrogen-bond donors (Lipinski definition) is 1. The van der Waals surface area contributed by atoms with Gasteiger partial charge in [0.05, 0.1) is 11.9 Å². The molecule has 4 rings (SSSR count). The third-order valence-electron chi connectivity index (χ3n) is 5.19. The zero-order valence-corrected chi connectivity index (χ0v) is 17.2. The van der Waals surface area contributed by atoms with E-state index in [1.54, 1.807) is 22.4 Å². The number of amides is 1. The summed E-state index contributed by atoms with van der Waals surface area (Å²) in [5.41, 5.74) is 2.37. The van der Waals surface area contributed by atoms with Crippen LogP contribution in [-0.2, 0) is 24.1 Å². The monoisotopic (exact) mass is 395 g/mol. The fourth-order valence-electron chi connectivity index (χ4n) is 3.64. The summed E-state index contributed by atoms with van der Waals surface area (Å²) in [4.78, 5) is 30.4. The van der Waals surface area contributed by atoms with Crippen LogP contribution in [0.15, 0.2) is 24.4 Å². The van der Waals surface area contributed by atoms with E-state index in [4.69, 9.17) is 0 Å². The molecule has 3 aromatic heterocycles. The quantitative estimate of drug-likeness (QED) is 0.693. The van der Waals surface area contributed by atoms with Gasteiger partial charge in [-0.1, -0.05) is 6.07 Å². The second-order valence-corrected chi connectivity index (χ2v) is 8.33. The van der Waals surface area contributed by atoms with E-state index in [0.717, 1.165) is 46.8 Å². The first-order chi connectivity index (χ1) is 13.6. The molecule has 1 N–H and O–H groups in total. The Kier molecular flexibility index (Phi) is 5.52. The molecule has 0 radical (unpaired) electrons. The minimum Gasteiger partial charge on any atom is -0.360 e. The lowest BCUT2D eigenvalue weighted by Crippen LogP contribution is -2.34. The van der Waals surface area contributed by atoms with Crippen molar-refractivity contribution < 1.29 is 4.79 Å². The van der Waals surface area contributed by atoms with Crippen molar-refractivity contribution in [2.45, 2.75) is 39.0 Å². The first-order valence-electron chi connectivity index (χ1n) is 9.78. The summed E-state index contributed by atoms with van der Waals surface area (Å²) in [6.45, 7) is 2.78. The van der Waals surface area contributed by atoms with E-state index in [2.05, 4.69) is 20.3 Å². The second-order valence-electron chi connectivity index (χ2n) is 7.25. The average molecular weight is 396 g/mol. The zero-order chi connectivity index (χ0) is 19.5. The fourth-order valence-corrected chi connectivity index (χ4v) is 4.95. The van der Waals surface area contributed by atoms with E-state index in [-0.39, 0.29) is 12.5 Å². The van der Waals surface area contributed by atoms with Crippen LogP contribution >= 0.6 is 11.3 Å². The molecule has 0 atom stereocenters. The van der Waals surface area contributed by atoms with Gasteiger partial charge in [-0.25, -0.2) is 9.97 Å². The van der Waals surface area contributed by atoms with Crippen LogP contribution < -0.4 is 5.32 Å². The van der Waals surface area contributed by atoms with Crippen molar-refractivity contribution >= 4 is 33.3 Å². The predicted molar refractivity (Wildman–Crippen MR) is 113 cm³/mol. The van der Waals surface area contributed by atoms with Gasteiger partial charge in [-0.3, -0.25) is 9.78 Å². The van der Waals surface area contributed by atoms with Crippen molar-refractivity contribution in [1.82, 2.24) is 19.9 Å². The molecule has 1 amide bonds. The molecular formula is C21H25N5OS. The number of likely N-dealkylation sites (N-methyl/N-ethyl adjacent to an activating group) is 1. The molecule has 0 unspecified atom stereocenters. The van der Waals surface area contributed by atoms with Crippen LogP contribution in [0.5, 0.6) is 0 Å². The highest BCUT2D eigenvalue weighted by Gasteiger charge is 2.21. The largest absolute Gasteiger partial charge is 0.360 e. The molecule has 1 aliphatic rings. The van der Waals surface area contributed by atoms with Crippen molar-refractivity contribution in [2.75, 3.05) is 25.5 Å². The predicted octanol–water partition coefficient (Wildman–Crippen LogP) is 3.39. The van der Waals surface area contributed by atoms with Crippen molar-refractivity contribution in [3.8, 4) is 0 Å². The SMILES string of the molecule is Cc1nc(NCC(=O)N(C)CCc2ccccn2)c2c3c(sc2n1)CCCC3. The standard InChI is InChI=1S/C21H25N5OS/c1-14-24-20(19-16-8-3-4-9-17(16)28-21(19)25-14)23-13-18(27)26(2)12-10-15-7-5-6-11-22-15/h5-7,11H,3-4,8-10,12-13H2,1-2H3,(H,23,24,25). The first-order valence-corrected chi connectivity index (χ1v) is 10.6. The summed E-state index contributed by atoms with van der Waals surface area (Å²) in [6, 6.07) is 5.85. The number of anilines is 1.